The molecule has 7 nitrogen and oxygen atoms in total. The summed E-state index contributed by atoms with van der Waals surface area (Å²) in [5.74, 6) is 1.19. The average molecular weight is 426 g/mol. The summed E-state index contributed by atoms with van der Waals surface area (Å²) < 4.78 is 5.59. The largest absolute Gasteiger partial charge is 0.490 e. The van der Waals surface area contributed by atoms with Crippen molar-refractivity contribution in [3.8, 4) is 17.1 Å². The van der Waals surface area contributed by atoms with Gasteiger partial charge in [0.05, 0.1) is 23.3 Å². The van der Waals surface area contributed by atoms with Gasteiger partial charge in [-0.1, -0.05) is 24.3 Å². The van der Waals surface area contributed by atoms with Crippen molar-refractivity contribution in [3.05, 3.63) is 72.8 Å². The number of aromatic nitrogens is 2. The van der Waals surface area contributed by atoms with Crippen LogP contribution in [0.1, 0.15) is 12.8 Å². The number of H-pyrrole nitrogens is 1. The summed E-state index contributed by atoms with van der Waals surface area (Å²) in [5, 5.41) is 2.86. The van der Waals surface area contributed by atoms with Crippen molar-refractivity contribution < 1.29 is 14.3 Å². The summed E-state index contributed by atoms with van der Waals surface area (Å²) in [6, 6.07) is 22.8. The van der Waals surface area contributed by atoms with Gasteiger partial charge in [0.1, 0.15) is 18.2 Å². The lowest BCUT2D eigenvalue weighted by Gasteiger charge is -2.29. The number of aromatic amines is 1. The second-order valence-corrected chi connectivity index (χ2v) is 7.59. The molecule has 0 radical (unpaired) electrons. The van der Waals surface area contributed by atoms with Crippen LogP contribution in [0.15, 0.2) is 72.8 Å². The van der Waals surface area contributed by atoms with Crippen molar-refractivity contribution in [1.29, 1.82) is 0 Å². The fourth-order valence-electron chi connectivity index (χ4n) is 3.81. The SMILES string of the molecule is O=C(CCC(=O)N1CCOc2ccccc21)Nc1ccc(-c2nc3ccccc3[nH]2)cc1. The summed E-state index contributed by atoms with van der Waals surface area (Å²) in [6.07, 6.45) is 0.251. The molecule has 0 aliphatic carbocycles. The first-order chi connectivity index (χ1) is 15.7. The van der Waals surface area contributed by atoms with E-state index < -0.39 is 0 Å². The van der Waals surface area contributed by atoms with E-state index in [0.29, 0.717) is 24.6 Å². The Hall–Kier alpha value is -4.13. The highest BCUT2D eigenvalue weighted by Gasteiger charge is 2.23. The summed E-state index contributed by atoms with van der Waals surface area (Å²) in [7, 11) is 0. The molecule has 0 bridgehead atoms. The predicted molar refractivity (Wildman–Crippen MR) is 124 cm³/mol. The Kier molecular flexibility index (Phi) is 5.29. The van der Waals surface area contributed by atoms with Crippen LogP contribution in [0.25, 0.3) is 22.4 Å². The first-order valence-electron chi connectivity index (χ1n) is 10.5. The third-order valence-corrected chi connectivity index (χ3v) is 5.43. The van der Waals surface area contributed by atoms with Crippen molar-refractivity contribution in [2.75, 3.05) is 23.4 Å². The van der Waals surface area contributed by atoms with E-state index in [9.17, 15) is 9.59 Å². The van der Waals surface area contributed by atoms with Crippen molar-refractivity contribution in [2.45, 2.75) is 12.8 Å². The van der Waals surface area contributed by atoms with Crippen molar-refractivity contribution in [1.82, 2.24) is 9.97 Å². The van der Waals surface area contributed by atoms with Crippen molar-refractivity contribution >= 4 is 34.2 Å². The normalized spacial score (nSPS) is 12.8. The van der Waals surface area contributed by atoms with Crippen LogP contribution in [0.2, 0.25) is 0 Å². The molecule has 7 heteroatoms. The molecule has 0 spiro atoms. The number of rotatable bonds is 5. The molecule has 4 aromatic rings. The Labute approximate surface area is 185 Å². The zero-order chi connectivity index (χ0) is 21.9. The van der Waals surface area contributed by atoms with Gasteiger partial charge in [0.25, 0.3) is 0 Å². The van der Waals surface area contributed by atoms with Crippen LogP contribution in [0.5, 0.6) is 5.75 Å². The number of amides is 2. The van der Waals surface area contributed by atoms with Gasteiger partial charge in [-0.2, -0.15) is 0 Å². The standard InChI is InChI=1S/C25H22N4O3/c30-23(13-14-24(31)29-15-16-32-22-8-4-3-7-21(22)29)26-18-11-9-17(10-12-18)25-27-19-5-1-2-6-20(19)28-25/h1-12H,13-16H2,(H,26,30)(H,27,28). The first-order valence-corrected chi connectivity index (χ1v) is 10.5. The highest BCUT2D eigenvalue weighted by atomic mass is 16.5. The highest BCUT2D eigenvalue weighted by Crippen LogP contribution is 2.31. The molecule has 0 saturated carbocycles. The first kappa shape index (κ1) is 19.8. The number of nitrogens with zero attached hydrogens (tertiary/aromatic N) is 2. The van der Waals surface area contributed by atoms with Gasteiger partial charge in [-0.15, -0.1) is 0 Å². The fraction of sp³-hybridized carbons (Fsp3) is 0.160. The number of anilines is 2. The summed E-state index contributed by atoms with van der Waals surface area (Å²) in [5.41, 5.74) is 4.25. The van der Waals surface area contributed by atoms with Crippen molar-refractivity contribution in [3.63, 3.8) is 0 Å². The smallest absolute Gasteiger partial charge is 0.227 e. The van der Waals surface area contributed by atoms with E-state index in [0.717, 1.165) is 28.1 Å². The molecule has 3 aromatic carbocycles. The second kappa shape index (κ2) is 8.55. The number of carbonyl (C=O) groups is 2. The van der Waals surface area contributed by atoms with Crippen LogP contribution < -0.4 is 15.0 Å². The van der Waals surface area contributed by atoms with Crippen molar-refractivity contribution in [2.24, 2.45) is 0 Å². The zero-order valence-electron chi connectivity index (χ0n) is 17.4. The van der Waals surface area contributed by atoms with Gasteiger partial charge in [0, 0.05) is 24.1 Å². The van der Waals surface area contributed by atoms with Gasteiger partial charge in [-0.3, -0.25) is 9.59 Å². The summed E-state index contributed by atoms with van der Waals surface area (Å²) >= 11 is 0. The Balaban J connectivity index is 1.18. The lowest BCUT2D eigenvalue weighted by atomic mass is 10.2. The molecule has 1 aromatic heterocycles. The monoisotopic (exact) mass is 426 g/mol. The molecule has 1 aliphatic heterocycles. The number of benzene rings is 3. The molecule has 1 aliphatic rings. The maximum absolute atomic E-state index is 12.7. The van der Waals surface area contributed by atoms with E-state index in [1.54, 1.807) is 4.90 Å². The molecule has 2 N–H and O–H groups in total. The highest BCUT2D eigenvalue weighted by molar-refractivity contribution is 5.99. The molecule has 32 heavy (non-hydrogen) atoms. The second-order valence-electron chi connectivity index (χ2n) is 7.59. The van der Waals surface area contributed by atoms with Crippen LogP contribution >= 0.6 is 0 Å². The third kappa shape index (κ3) is 4.05. The van der Waals surface area contributed by atoms with E-state index in [2.05, 4.69) is 15.3 Å². The molecule has 5 rings (SSSR count). The number of ether oxygens (including phenoxy) is 1. The molecule has 160 valence electrons. The van der Waals surface area contributed by atoms with E-state index in [1.807, 2.05) is 72.8 Å². The van der Waals surface area contributed by atoms with Crippen LogP contribution in [0.4, 0.5) is 11.4 Å². The van der Waals surface area contributed by atoms with Gasteiger partial charge in [-0.25, -0.2) is 4.98 Å². The quantitative estimate of drug-likeness (QED) is 0.496. The van der Waals surface area contributed by atoms with Gasteiger partial charge >= 0.3 is 0 Å². The minimum Gasteiger partial charge on any atom is -0.490 e. The summed E-state index contributed by atoms with van der Waals surface area (Å²) in [6.45, 7) is 0.938. The topological polar surface area (TPSA) is 87.3 Å². The zero-order valence-corrected chi connectivity index (χ0v) is 17.4. The maximum atomic E-state index is 12.7. The fourth-order valence-corrected chi connectivity index (χ4v) is 3.81. The lowest BCUT2D eigenvalue weighted by molar-refractivity contribution is -0.122. The van der Waals surface area contributed by atoms with E-state index in [4.69, 9.17) is 4.74 Å². The molecule has 0 unspecified atom stereocenters. The Morgan fingerprint density at radius 2 is 1.75 bits per heavy atom. The van der Waals surface area contributed by atoms with Gasteiger partial charge in [-0.05, 0) is 48.5 Å². The molecule has 0 atom stereocenters. The maximum Gasteiger partial charge on any atom is 0.227 e. The van der Waals surface area contributed by atoms with Crippen LogP contribution in [0.3, 0.4) is 0 Å². The number of nitrogens with one attached hydrogen (secondary N) is 2. The molecule has 2 heterocycles. The van der Waals surface area contributed by atoms with Gasteiger partial charge < -0.3 is 19.9 Å². The minimum absolute atomic E-state index is 0.0869. The van der Waals surface area contributed by atoms with E-state index in [-0.39, 0.29) is 24.7 Å². The number of hydrogen-bond acceptors (Lipinski definition) is 4. The predicted octanol–water partition coefficient (Wildman–Crippen LogP) is 4.37. The Bertz CT molecular complexity index is 1250. The van der Waals surface area contributed by atoms with Crippen LogP contribution in [-0.4, -0.2) is 34.9 Å². The molecular weight excluding hydrogens is 404 g/mol. The number of carbonyl (C=O) groups excluding carboxylic acids is 2. The minimum atomic E-state index is -0.198. The van der Waals surface area contributed by atoms with Crippen LogP contribution in [0, 0.1) is 0 Å². The molecule has 2 amide bonds. The number of para-hydroxylation sites is 4. The van der Waals surface area contributed by atoms with Gasteiger partial charge in [0.15, 0.2) is 0 Å². The Morgan fingerprint density at radius 3 is 2.59 bits per heavy atom. The molecular formula is C25H22N4O3. The number of imidazole rings is 1. The number of fused-ring (bicyclic) bond motifs is 2. The number of hydrogen-bond donors (Lipinski definition) is 2. The lowest BCUT2D eigenvalue weighted by Crippen LogP contribution is -2.38. The van der Waals surface area contributed by atoms with Gasteiger partial charge in [0.2, 0.25) is 11.8 Å². The Morgan fingerprint density at radius 1 is 0.969 bits per heavy atom. The molecule has 0 fully saturated rings. The third-order valence-electron chi connectivity index (χ3n) is 5.43. The van der Waals surface area contributed by atoms with E-state index >= 15 is 0 Å². The van der Waals surface area contributed by atoms with Crippen LogP contribution in [-0.2, 0) is 9.59 Å². The average Bonchev–Trinajstić information content (AvgIpc) is 3.27. The van der Waals surface area contributed by atoms with E-state index in [1.165, 1.54) is 0 Å². The summed E-state index contributed by atoms with van der Waals surface area (Å²) in [4.78, 5) is 34.6. The molecule has 0 saturated heterocycles.